The third-order valence-electron chi connectivity index (χ3n) is 3.01. The molecule has 23 heavy (non-hydrogen) atoms. The lowest BCUT2D eigenvalue weighted by atomic mass is 10.1. The fourth-order valence-electron chi connectivity index (χ4n) is 1.79. The number of phenols is 1. The van der Waals surface area contributed by atoms with E-state index in [0.29, 0.717) is 29.4 Å². The van der Waals surface area contributed by atoms with E-state index in [1.165, 1.54) is 11.5 Å². The van der Waals surface area contributed by atoms with E-state index in [2.05, 4.69) is 26.4 Å². The summed E-state index contributed by atoms with van der Waals surface area (Å²) in [5.41, 5.74) is 2.16. The highest BCUT2D eigenvalue weighted by Gasteiger charge is 2.13. The van der Waals surface area contributed by atoms with Crippen LogP contribution in [0.25, 0.3) is 0 Å². The zero-order chi connectivity index (χ0) is 17.2. The summed E-state index contributed by atoms with van der Waals surface area (Å²) in [6.07, 6.45) is 1.31. The molecule has 0 aliphatic heterocycles. The van der Waals surface area contributed by atoms with E-state index in [-0.39, 0.29) is 24.3 Å². The van der Waals surface area contributed by atoms with Gasteiger partial charge in [0.15, 0.2) is 0 Å². The molecular formula is C14H18BrN3O5. The van der Waals surface area contributed by atoms with Gasteiger partial charge in [0.1, 0.15) is 11.5 Å². The van der Waals surface area contributed by atoms with Gasteiger partial charge in [0.2, 0.25) is 5.91 Å². The minimum Gasteiger partial charge on any atom is -0.507 e. The monoisotopic (exact) mass is 387 g/mol. The molecule has 0 heterocycles. The Labute approximate surface area is 141 Å². The zero-order valence-corrected chi connectivity index (χ0v) is 13.8. The molecule has 0 spiro atoms. The summed E-state index contributed by atoms with van der Waals surface area (Å²) in [5.74, 6) is -0.914. The molecule has 0 saturated carbocycles. The average Bonchev–Trinajstić information content (AvgIpc) is 2.54. The number of hydroxylamine groups is 1. The molecule has 126 valence electrons. The predicted octanol–water partition coefficient (Wildman–Crippen LogP) is 1.32. The highest BCUT2D eigenvalue weighted by molar-refractivity contribution is 9.10. The van der Waals surface area contributed by atoms with Gasteiger partial charge in [0.05, 0.1) is 4.47 Å². The molecule has 2 amide bonds. The molecule has 0 bridgehead atoms. The van der Waals surface area contributed by atoms with Crippen LogP contribution in [-0.4, -0.2) is 39.6 Å². The van der Waals surface area contributed by atoms with Crippen molar-refractivity contribution in [2.75, 3.05) is 6.54 Å². The Balaban J connectivity index is 2.43. The number of nitrogens with one attached hydrogen (secondary N) is 2. The molecule has 0 radical (unpaired) electrons. The molecule has 0 atom stereocenters. The number of halogens is 1. The van der Waals surface area contributed by atoms with E-state index in [1.54, 1.807) is 12.1 Å². The molecular weight excluding hydrogens is 370 g/mol. The standard InChI is InChI=1S/C14H18BrN3O5/c15-10-7-9(4-5-12(10)19)8-11(17-22)14(21)16-6-2-1-3-13(20)18-23/h4-5,7,19,22-23H,1-3,6,8H2,(H,16,21)(H,18,20)/b17-11+. The second-order valence-electron chi connectivity index (χ2n) is 4.76. The summed E-state index contributed by atoms with van der Waals surface area (Å²) in [4.78, 5) is 22.7. The van der Waals surface area contributed by atoms with Gasteiger partial charge >= 0.3 is 0 Å². The molecule has 1 aromatic carbocycles. The van der Waals surface area contributed by atoms with E-state index >= 15 is 0 Å². The van der Waals surface area contributed by atoms with Gasteiger partial charge in [0.25, 0.3) is 5.91 Å². The molecule has 8 nitrogen and oxygen atoms in total. The first-order valence-corrected chi connectivity index (χ1v) is 7.66. The SMILES string of the molecule is O=C(CCCCNC(=O)/C(Cc1ccc(O)c(Br)c1)=N/O)NO. The lowest BCUT2D eigenvalue weighted by Crippen LogP contribution is -2.33. The van der Waals surface area contributed by atoms with Crippen molar-refractivity contribution in [2.45, 2.75) is 25.7 Å². The lowest BCUT2D eigenvalue weighted by Gasteiger charge is -2.07. The first-order valence-electron chi connectivity index (χ1n) is 6.87. The topological polar surface area (TPSA) is 131 Å². The number of phenolic OH excluding ortho intramolecular Hbond substituents is 1. The molecule has 5 N–H and O–H groups in total. The van der Waals surface area contributed by atoms with E-state index in [0.717, 1.165) is 0 Å². The Morgan fingerprint density at radius 3 is 2.61 bits per heavy atom. The molecule has 1 rings (SSSR count). The first-order chi connectivity index (χ1) is 11.0. The third-order valence-corrected chi connectivity index (χ3v) is 3.64. The van der Waals surface area contributed by atoms with Gasteiger partial charge in [-0.2, -0.15) is 0 Å². The number of carbonyl (C=O) groups is 2. The maximum atomic E-state index is 11.9. The fourth-order valence-corrected chi connectivity index (χ4v) is 2.21. The van der Waals surface area contributed by atoms with Crippen LogP contribution in [0.2, 0.25) is 0 Å². The number of oxime groups is 1. The van der Waals surface area contributed by atoms with Gasteiger partial charge in [0, 0.05) is 19.4 Å². The van der Waals surface area contributed by atoms with Crippen molar-refractivity contribution < 1.29 is 25.1 Å². The summed E-state index contributed by atoms with van der Waals surface area (Å²) < 4.78 is 0.481. The summed E-state index contributed by atoms with van der Waals surface area (Å²) in [6, 6.07) is 4.71. The Hall–Kier alpha value is -2.13. The van der Waals surface area contributed by atoms with Gasteiger partial charge in [-0.1, -0.05) is 11.2 Å². The summed E-state index contributed by atoms with van der Waals surface area (Å²) >= 11 is 3.17. The van der Waals surface area contributed by atoms with Crippen LogP contribution in [0, 0.1) is 0 Å². The number of benzene rings is 1. The van der Waals surface area contributed by atoms with Crippen LogP contribution in [0.4, 0.5) is 0 Å². The van der Waals surface area contributed by atoms with Crippen LogP contribution in [0.5, 0.6) is 5.75 Å². The highest BCUT2D eigenvalue weighted by atomic mass is 79.9. The molecule has 0 unspecified atom stereocenters. The lowest BCUT2D eigenvalue weighted by molar-refractivity contribution is -0.129. The third kappa shape index (κ3) is 6.66. The molecule has 1 aromatic rings. The molecule has 0 aromatic heterocycles. The first kappa shape index (κ1) is 18.9. The highest BCUT2D eigenvalue weighted by Crippen LogP contribution is 2.24. The number of aromatic hydroxyl groups is 1. The normalized spacial score (nSPS) is 11.1. The maximum Gasteiger partial charge on any atom is 0.269 e. The average molecular weight is 388 g/mol. The van der Waals surface area contributed by atoms with Crippen molar-refractivity contribution in [1.29, 1.82) is 0 Å². The summed E-state index contributed by atoms with van der Waals surface area (Å²) in [7, 11) is 0. The van der Waals surface area contributed by atoms with Crippen LogP contribution >= 0.6 is 15.9 Å². The van der Waals surface area contributed by atoms with Crippen LogP contribution in [0.1, 0.15) is 24.8 Å². The van der Waals surface area contributed by atoms with E-state index in [4.69, 9.17) is 10.4 Å². The Morgan fingerprint density at radius 1 is 1.26 bits per heavy atom. The maximum absolute atomic E-state index is 11.9. The van der Waals surface area contributed by atoms with E-state index in [9.17, 15) is 14.7 Å². The second-order valence-corrected chi connectivity index (χ2v) is 5.61. The number of nitrogens with zero attached hydrogens (tertiary/aromatic N) is 1. The van der Waals surface area contributed by atoms with Gasteiger partial charge in [-0.05, 0) is 46.5 Å². The Morgan fingerprint density at radius 2 is 2.00 bits per heavy atom. The van der Waals surface area contributed by atoms with Gasteiger partial charge in [-0.25, -0.2) is 5.48 Å². The van der Waals surface area contributed by atoms with E-state index < -0.39 is 11.8 Å². The molecule has 9 heteroatoms. The zero-order valence-electron chi connectivity index (χ0n) is 12.3. The fraction of sp³-hybridized carbons (Fsp3) is 0.357. The van der Waals surface area contributed by atoms with Crippen LogP contribution in [-0.2, 0) is 16.0 Å². The minimum absolute atomic E-state index is 0.0595. The van der Waals surface area contributed by atoms with E-state index in [1.807, 2.05) is 0 Å². The number of hydrogen-bond donors (Lipinski definition) is 5. The number of unbranched alkanes of at least 4 members (excludes halogenated alkanes) is 1. The predicted molar refractivity (Wildman–Crippen MR) is 85.5 cm³/mol. The van der Waals surface area contributed by atoms with Crippen LogP contribution < -0.4 is 10.8 Å². The minimum atomic E-state index is -0.511. The quantitative estimate of drug-likeness (QED) is 0.151. The van der Waals surface area contributed by atoms with Gasteiger partial charge < -0.3 is 15.6 Å². The Bertz CT molecular complexity index is 592. The molecule has 0 aliphatic rings. The van der Waals surface area contributed by atoms with Crippen LogP contribution in [0.15, 0.2) is 27.8 Å². The van der Waals surface area contributed by atoms with Crippen molar-refractivity contribution in [1.82, 2.24) is 10.8 Å². The van der Waals surface area contributed by atoms with Crippen molar-refractivity contribution in [2.24, 2.45) is 5.16 Å². The smallest absolute Gasteiger partial charge is 0.269 e. The van der Waals surface area contributed by atoms with Crippen molar-refractivity contribution >= 4 is 33.5 Å². The molecule has 0 fully saturated rings. The van der Waals surface area contributed by atoms with Gasteiger partial charge in [-0.3, -0.25) is 14.8 Å². The van der Waals surface area contributed by atoms with Gasteiger partial charge in [-0.15, -0.1) is 0 Å². The van der Waals surface area contributed by atoms with Crippen molar-refractivity contribution in [3.8, 4) is 5.75 Å². The molecule has 0 saturated heterocycles. The van der Waals surface area contributed by atoms with Crippen molar-refractivity contribution in [3.63, 3.8) is 0 Å². The summed E-state index contributed by atoms with van der Waals surface area (Å²) in [6.45, 7) is 0.315. The van der Waals surface area contributed by atoms with Crippen LogP contribution in [0.3, 0.4) is 0 Å². The number of hydrogen-bond acceptors (Lipinski definition) is 6. The van der Waals surface area contributed by atoms with Crippen molar-refractivity contribution in [3.05, 3.63) is 28.2 Å². The second kappa shape index (κ2) is 9.80. The Kier molecular flexibility index (Phi) is 8.06. The summed E-state index contributed by atoms with van der Waals surface area (Å²) in [5, 5.41) is 32.3. The number of carbonyl (C=O) groups excluding carboxylic acids is 2. The largest absolute Gasteiger partial charge is 0.507 e. The number of amides is 2. The molecule has 0 aliphatic carbocycles. The number of rotatable bonds is 8.